The summed E-state index contributed by atoms with van der Waals surface area (Å²) in [6.07, 6.45) is 4.32. The van der Waals surface area contributed by atoms with Crippen molar-refractivity contribution in [2.75, 3.05) is 39.4 Å². The van der Waals surface area contributed by atoms with Gasteiger partial charge in [-0.25, -0.2) is 4.98 Å². The van der Waals surface area contributed by atoms with Crippen molar-refractivity contribution in [2.45, 2.75) is 18.9 Å². The second kappa shape index (κ2) is 11.7. The Kier molecular flexibility index (Phi) is 7.96. The number of hydrogen-bond acceptors (Lipinski definition) is 4. The van der Waals surface area contributed by atoms with Gasteiger partial charge in [-0.15, -0.1) is 0 Å². The predicted octanol–water partition coefficient (Wildman–Crippen LogP) is 4.71. The fourth-order valence-corrected chi connectivity index (χ4v) is 5.01. The molecule has 0 unspecified atom stereocenters. The second-order valence-corrected chi connectivity index (χ2v) is 9.58. The van der Waals surface area contributed by atoms with Gasteiger partial charge in [-0.05, 0) is 28.8 Å². The molecule has 2 aromatic carbocycles. The molecule has 0 radical (unpaired) electrons. The smallest absolute Gasteiger partial charge is 0.220 e. The van der Waals surface area contributed by atoms with E-state index in [1.807, 2.05) is 12.1 Å². The van der Waals surface area contributed by atoms with Crippen LogP contribution < -0.4 is 5.32 Å². The average Bonchev–Trinajstić information content (AvgIpc) is 3.27. The lowest BCUT2D eigenvalue weighted by atomic mass is 9.89. The number of nitrogens with zero attached hydrogens (tertiary/aromatic N) is 3. The van der Waals surface area contributed by atoms with Crippen molar-refractivity contribution < 1.29 is 9.53 Å². The number of ether oxygens (including phenoxy) is 1. The topological polar surface area (TPSA) is 59.4 Å². The first-order chi connectivity index (χ1) is 17.7. The molecule has 1 saturated heterocycles. The van der Waals surface area contributed by atoms with E-state index in [9.17, 15) is 4.79 Å². The zero-order valence-corrected chi connectivity index (χ0v) is 21.0. The van der Waals surface area contributed by atoms with Crippen molar-refractivity contribution in [2.24, 2.45) is 0 Å². The predicted molar refractivity (Wildman–Crippen MR) is 143 cm³/mol. The molecule has 5 rings (SSSR count). The molecule has 4 aromatic rings. The van der Waals surface area contributed by atoms with Gasteiger partial charge in [0.2, 0.25) is 5.91 Å². The van der Waals surface area contributed by atoms with Crippen molar-refractivity contribution in [1.29, 1.82) is 0 Å². The number of carbonyl (C=O) groups excluding carboxylic acids is 1. The van der Waals surface area contributed by atoms with Gasteiger partial charge in [0, 0.05) is 68.4 Å². The molecule has 0 aliphatic carbocycles. The molecule has 36 heavy (non-hydrogen) atoms. The van der Waals surface area contributed by atoms with E-state index in [0.717, 1.165) is 61.4 Å². The molecule has 6 nitrogen and oxygen atoms in total. The molecule has 3 heterocycles. The SMILES string of the molecule is O=C(C[C@H](c1ccc(Cl)nc1)c1cn(Cc2ccccc2)c2ccccc12)NCCN1CCOCC1. The molecule has 7 heteroatoms. The number of carbonyl (C=O) groups is 1. The van der Waals surface area contributed by atoms with E-state index < -0.39 is 0 Å². The number of fused-ring (bicyclic) bond motifs is 1. The zero-order valence-electron chi connectivity index (χ0n) is 20.3. The molecule has 1 atom stereocenters. The van der Waals surface area contributed by atoms with Crippen LogP contribution in [-0.4, -0.2) is 59.8 Å². The van der Waals surface area contributed by atoms with Crippen LogP contribution in [0.4, 0.5) is 0 Å². The highest BCUT2D eigenvalue weighted by Gasteiger charge is 2.23. The molecule has 0 saturated carbocycles. The first kappa shape index (κ1) is 24.5. The van der Waals surface area contributed by atoms with Crippen LogP contribution in [0.15, 0.2) is 79.1 Å². The standard InChI is InChI=1S/C29H31ClN4O2/c30-28-11-10-23(19-32-28)25(18-29(35)31-12-13-33-14-16-36-17-15-33)26-21-34(20-22-6-2-1-3-7-22)27-9-5-4-8-24(26)27/h1-11,19,21,25H,12-18,20H2,(H,31,35)/t25-/m1/s1. The number of pyridine rings is 1. The summed E-state index contributed by atoms with van der Waals surface area (Å²) >= 11 is 6.09. The molecule has 1 fully saturated rings. The highest BCUT2D eigenvalue weighted by Crippen LogP contribution is 2.35. The number of para-hydroxylation sites is 1. The third-order valence-electron chi connectivity index (χ3n) is 6.79. The lowest BCUT2D eigenvalue weighted by molar-refractivity contribution is -0.121. The Balaban J connectivity index is 1.41. The minimum atomic E-state index is -0.139. The summed E-state index contributed by atoms with van der Waals surface area (Å²) in [5.41, 5.74) is 4.48. The first-order valence-electron chi connectivity index (χ1n) is 12.5. The largest absolute Gasteiger partial charge is 0.379 e. The minimum Gasteiger partial charge on any atom is -0.379 e. The van der Waals surface area contributed by atoms with Gasteiger partial charge in [-0.2, -0.15) is 0 Å². The van der Waals surface area contributed by atoms with Crippen molar-refractivity contribution in [3.63, 3.8) is 0 Å². The van der Waals surface area contributed by atoms with Gasteiger partial charge in [-0.1, -0.05) is 66.2 Å². The maximum Gasteiger partial charge on any atom is 0.220 e. The number of hydrogen-bond donors (Lipinski definition) is 1. The van der Waals surface area contributed by atoms with Crippen molar-refractivity contribution >= 4 is 28.4 Å². The third-order valence-corrected chi connectivity index (χ3v) is 7.01. The summed E-state index contributed by atoms with van der Waals surface area (Å²) in [7, 11) is 0. The Morgan fingerprint density at radius 2 is 1.81 bits per heavy atom. The molecule has 1 amide bonds. The summed E-state index contributed by atoms with van der Waals surface area (Å²) < 4.78 is 7.68. The Hall–Kier alpha value is -3.19. The number of halogens is 1. The Morgan fingerprint density at radius 3 is 2.58 bits per heavy atom. The second-order valence-electron chi connectivity index (χ2n) is 9.19. The number of nitrogens with one attached hydrogen (secondary N) is 1. The molecule has 2 aromatic heterocycles. The van der Waals surface area contributed by atoms with E-state index in [1.165, 1.54) is 5.56 Å². The Bertz CT molecular complexity index is 1280. The molecular formula is C29H31ClN4O2. The number of morpholine rings is 1. The van der Waals surface area contributed by atoms with E-state index in [0.29, 0.717) is 18.1 Å². The van der Waals surface area contributed by atoms with Gasteiger partial charge in [0.05, 0.1) is 13.2 Å². The number of aromatic nitrogens is 2. The molecular weight excluding hydrogens is 472 g/mol. The Labute approximate surface area is 216 Å². The summed E-state index contributed by atoms with van der Waals surface area (Å²) in [6, 6.07) is 22.6. The molecule has 0 bridgehead atoms. The summed E-state index contributed by atoms with van der Waals surface area (Å²) in [6.45, 7) is 5.56. The van der Waals surface area contributed by atoms with Gasteiger partial charge in [-0.3, -0.25) is 9.69 Å². The average molecular weight is 503 g/mol. The fraction of sp³-hybridized carbons (Fsp3) is 0.310. The quantitative estimate of drug-likeness (QED) is 0.337. The van der Waals surface area contributed by atoms with Crippen molar-refractivity contribution in [3.8, 4) is 0 Å². The van der Waals surface area contributed by atoms with Crippen LogP contribution in [0, 0.1) is 0 Å². The summed E-state index contributed by atoms with van der Waals surface area (Å²) in [5.74, 6) is -0.108. The van der Waals surface area contributed by atoms with E-state index in [-0.39, 0.29) is 11.8 Å². The maximum absolute atomic E-state index is 13.1. The van der Waals surface area contributed by atoms with Crippen molar-refractivity contribution in [3.05, 3.63) is 101 Å². The monoisotopic (exact) mass is 502 g/mol. The van der Waals surface area contributed by atoms with Crippen LogP contribution in [0.25, 0.3) is 10.9 Å². The normalized spacial score (nSPS) is 15.1. The van der Waals surface area contributed by atoms with E-state index in [2.05, 4.69) is 74.5 Å². The summed E-state index contributed by atoms with van der Waals surface area (Å²) in [5, 5.41) is 4.72. The lowest BCUT2D eigenvalue weighted by Crippen LogP contribution is -2.41. The fourth-order valence-electron chi connectivity index (χ4n) is 4.90. The Morgan fingerprint density at radius 1 is 1.03 bits per heavy atom. The highest BCUT2D eigenvalue weighted by molar-refractivity contribution is 6.29. The van der Waals surface area contributed by atoms with Crippen LogP contribution >= 0.6 is 11.6 Å². The van der Waals surface area contributed by atoms with Gasteiger partial charge in [0.25, 0.3) is 0 Å². The van der Waals surface area contributed by atoms with E-state index in [1.54, 1.807) is 12.3 Å². The molecule has 1 N–H and O–H groups in total. The van der Waals surface area contributed by atoms with E-state index >= 15 is 0 Å². The minimum absolute atomic E-state index is 0.0306. The van der Waals surface area contributed by atoms with Crippen LogP contribution in [0.1, 0.15) is 29.0 Å². The van der Waals surface area contributed by atoms with Crippen LogP contribution in [0.2, 0.25) is 5.15 Å². The first-order valence-corrected chi connectivity index (χ1v) is 12.8. The number of amides is 1. The molecule has 0 spiro atoms. The molecule has 1 aliphatic rings. The van der Waals surface area contributed by atoms with Gasteiger partial charge in [0.15, 0.2) is 0 Å². The zero-order chi connectivity index (χ0) is 24.7. The van der Waals surface area contributed by atoms with Gasteiger partial charge >= 0.3 is 0 Å². The third kappa shape index (κ3) is 5.95. The molecule has 1 aliphatic heterocycles. The summed E-state index contributed by atoms with van der Waals surface area (Å²) in [4.78, 5) is 19.8. The van der Waals surface area contributed by atoms with Crippen LogP contribution in [-0.2, 0) is 16.1 Å². The highest BCUT2D eigenvalue weighted by atomic mass is 35.5. The van der Waals surface area contributed by atoms with Crippen molar-refractivity contribution in [1.82, 2.24) is 19.8 Å². The maximum atomic E-state index is 13.1. The van der Waals surface area contributed by atoms with Gasteiger partial charge in [0.1, 0.15) is 5.15 Å². The van der Waals surface area contributed by atoms with Gasteiger partial charge < -0.3 is 14.6 Å². The number of benzene rings is 2. The van der Waals surface area contributed by atoms with Crippen LogP contribution in [0.5, 0.6) is 0 Å². The number of rotatable bonds is 9. The molecule has 186 valence electrons. The van der Waals surface area contributed by atoms with Crippen LogP contribution in [0.3, 0.4) is 0 Å². The van der Waals surface area contributed by atoms with E-state index in [4.69, 9.17) is 16.3 Å². The lowest BCUT2D eigenvalue weighted by Gasteiger charge is -2.26.